The highest BCUT2D eigenvalue weighted by atomic mass is 127. The molecule has 1 aliphatic heterocycles. The van der Waals surface area contributed by atoms with Crippen molar-refractivity contribution in [2.24, 2.45) is 0 Å². The quantitative estimate of drug-likeness (QED) is 0.387. The fraction of sp³-hybridized carbons (Fsp3) is 0.190. The van der Waals surface area contributed by atoms with E-state index in [1.54, 1.807) is 24.1 Å². The van der Waals surface area contributed by atoms with Gasteiger partial charge in [-0.15, -0.1) is 0 Å². The number of aliphatic hydroxyl groups excluding tert-OH is 1. The fourth-order valence-corrected chi connectivity index (χ4v) is 4.31. The maximum Gasteiger partial charge on any atom is 0.261 e. The SMILES string of the molecule is CN1C(=O)C(=Cc2nc3ccc(I)cc3c(=O)n2CCCO)c2cc(Br)ccc21. The maximum absolute atomic E-state index is 13.1. The molecule has 0 bridgehead atoms. The molecule has 0 unspecified atom stereocenters. The van der Waals surface area contributed by atoms with Crippen LogP contribution in [0.25, 0.3) is 22.6 Å². The Bertz CT molecular complexity index is 1240. The summed E-state index contributed by atoms with van der Waals surface area (Å²) in [7, 11) is 1.73. The monoisotopic (exact) mass is 565 g/mol. The number of hydrogen-bond acceptors (Lipinski definition) is 4. The lowest BCUT2D eigenvalue weighted by atomic mass is 10.1. The van der Waals surface area contributed by atoms with Crippen molar-refractivity contribution in [3.05, 3.63) is 66.2 Å². The molecule has 2 heterocycles. The molecular formula is C21H17BrIN3O3. The molecule has 3 aromatic rings. The molecular weight excluding hydrogens is 549 g/mol. The third-order valence-electron chi connectivity index (χ3n) is 4.90. The number of anilines is 1. The number of hydrogen-bond donors (Lipinski definition) is 1. The summed E-state index contributed by atoms with van der Waals surface area (Å²) in [5.41, 5.74) is 2.48. The number of rotatable bonds is 4. The standard InChI is InChI=1S/C21H17BrIN3O3/c1-25-18-6-3-12(22)9-14(18)15(20(25)28)11-19-24-17-5-4-13(23)10-16(17)21(29)26(19)7-2-8-27/h3-6,9-11,27H,2,7-8H2,1H3. The van der Waals surface area contributed by atoms with E-state index in [-0.39, 0.29) is 18.1 Å². The number of nitrogens with zero attached hydrogens (tertiary/aromatic N) is 3. The lowest BCUT2D eigenvalue weighted by Gasteiger charge is -2.12. The number of aromatic nitrogens is 2. The van der Waals surface area contributed by atoms with Crippen LogP contribution in [0.3, 0.4) is 0 Å². The first-order valence-electron chi connectivity index (χ1n) is 9.01. The summed E-state index contributed by atoms with van der Waals surface area (Å²) in [6.45, 7) is 0.280. The van der Waals surface area contributed by atoms with Gasteiger partial charge in [0.15, 0.2) is 0 Å². The van der Waals surface area contributed by atoms with Gasteiger partial charge in [-0.05, 0) is 71.5 Å². The second-order valence-corrected chi connectivity index (χ2v) is 8.91. The van der Waals surface area contributed by atoms with Gasteiger partial charge < -0.3 is 10.0 Å². The second-order valence-electron chi connectivity index (χ2n) is 6.75. The van der Waals surface area contributed by atoms with Crippen LogP contribution in [0.5, 0.6) is 0 Å². The highest BCUT2D eigenvalue weighted by molar-refractivity contribution is 14.1. The minimum Gasteiger partial charge on any atom is -0.396 e. The predicted octanol–water partition coefficient (Wildman–Crippen LogP) is 3.66. The third kappa shape index (κ3) is 3.64. The second kappa shape index (κ2) is 8.00. The van der Waals surface area contributed by atoms with Crippen molar-refractivity contribution in [3.8, 4) is 0 Å². The zero-order valence-corrected chi connectivity index (χ0v) is 19.3. The van der Waals surface area contributed by atoms with Gasteiger partial charge in [0.2, 0.25) is 0 Å². The van der Waals surface area contributed by atoms with E-state index in [2.05, 4.69) is 43.5 Å². The molecule has 1 aromatic heterocycles. The van der Waals surface area contributed by atoms with Crippen LogP contribution in [0.2, 0.25) is 0 Å². The Morgan fingerprint density at radius 1 is 1.21 bits per heavy atom. The zero-order chi connectivity index (χ0) is 20.7. The number of halogens is 2. The molecule has 1 N–H and O–H groups in total. The molecule has 0 spiro atoms. The summed E-state index contributed by atoms with van der Waals surface area (Å²) in [6.07, 6.45) is 2.09. The normalized spacial score (nSPS) is 14.8. The molecule has 6 nitrogen and oxygen atoms in total. The number of benzene rings is 2. The molecule has 8 heteroatoms. The highest BCUT2D eigenvalue weighted by Gasteiger charge is 2.30. The lowest BCUT2D eigenvalue weighted by molar-refractivity contribution is -0.112. The molecule has 0 atom stereocenters. The predicted molar refractivity (Wildman–Crippen MR) is 126 cm³/mol. The van der Waals surface area contributed by atoms with Crippen LogP contribution in [0, 0.1) is 3.57 Å². The molecule has 29 heavy (non-hydrogen) atoms. The number of carbonyl (C=O) groups is 1. The van der Waals surface area contributed by atoms with Gasteiger partial charge in [0, 0.05) is 33.8 Å². The summed E-state index contributed by atoms with van der Waals surface area (Å²) in [4.78, 5) is 32.3. The number of fused-ring (bicyclic) bond motifs is 2. The molecule has 0 fully saturated rings. The van der Waals surface area contributed by atoms with Gasteiger partial charge in [-0.2, -0.15) is 0 Å². The smallest absolute Gasteiger partial charge is 0.261 e. The van der Waals surface area contributed by atoms with Crippen molar-refractivity contribution < 1.29 is 9.90 Å². The molecule has 1 amide bonds. The lowest BCUT2D eigenvalue weighted by Crippen LogP contribution is -2.25. The van der Waals surface area contributed by atoms with Gasteiger partial charge in [0.05, 0.1) is 22.2 Å². The summed E-state index contributed by atoms with van der Waals surface area (Å²) in [6, 6.07) is 11.2. The van der Waals surface area contributed by atoms with Crippen molar-refractivity contribution in [2.75, 3.05) is 18.6 Å². The molecule has 0 saturated carbocycles. The molecule has 1 aliphatic rings. The first-order chi connectivity index (χ1) is 13.9. The molecule has 148 valence electrons. The Kier molecular flexibility index (Phi) is 5.58. The zero-order valence-electron chi connectivity index (χ0n) is 15.5. The first-order valence-corrected chi connectivity index (χ1v) is 10.9. The number of amides is 1. The van der Waals surface area contributed by atoms with Crippen molar-refractivity contribution in [1.29, 1.82) is 0 Å². The summed E-state index contributed by atoms with van der Waals surface area (Å²) in [5.74, 6) is 0.255. The van der Waals surface area contributed by atoms with Crippen molar-refractivity contribution >= 4 is 72.7 Å². The van der Waals surface area contributed by atoms with Crippen LogP contribution in [0.15, 0.2) is 45.7 Å². The fourth-order valence-electron chi connectivity index (χ4n) is 3.46. The van der Waals surface area contributed by atoms with Gasteiger partial charge in [-0.3, -0.25) is 14.2 Å². The van der Waals surface area contributed by atoms with E-state index in [0.717, 1.165) is 19.3 Å². The van der Waals surface area contributed by atoms with E-state index in [1.807, 2.05) is 30.3 Å². The Hall–Kier alpha value is -2.04. The van der Waals surface area contributed by atoms with E-state index < -0.39 is 0 Å². The highest BCUT2D eigenvalue weighted by Crippen LogP contribution is 2.38. The van der Waals surface area contributed by atoms with Crippen molar-refractivity contribution in [3.63, 3.8) is 0 Å². The number of likely N-dealkylation sites (N-methyl/N-ethyl adjacent to an activating group) is 1. The van der Waals surface area contributed by atoms with Crippen molar-refractivity contribution in [2.45, 2.75) is 13.0 Å². The molecule has 0 aliphatic carbocycles. The average Bonchev–Trinajstić information content (AvgIpc) is 2.92. The Morgan fingerprint density at radius 3 is 2.76 bits per heavy atom. The van der Waals surface area contributed by atoms with Crippen LogP contribution in [-0.2, 0) is 11.3 Å². The Morgan fingerprint density at radius 2 is 2.00 bits per heavy atom. The van der Waals surface area contributed by atoms with Crippen LogP contribution in [0.4, 0.5) is 5.69 Å². The van der Waals surface area contributed by atoms with Gasteiger partial charge in [0.1, 0.15) is 5.82 Å². The van der Waals surface area contributed by atoms with Crippen LogP contribution in [-0.4, -0.2) is 34.2 Å². The van der Waals surface area contributed by atoms with Gasteiger partial charge in [-0.1, -0.05) is 15.9 Å². The minimum atomic E-state index is -0.179. The Labute approximate surface area is 189 Å². The van der Waals surface area contributed by atoms with Crippen LogP contribution >= 0.6 is 38.5 Å². The average molecular weight is 566 g/mol. The van der Waals surface area contributed by atoms with Gasteiger partial charge in [-0.25, -0.2) is 4.98 Å². The van der Waals surface area contributed by atoms with Crippen LogP contribution in [0.1, 0.15) is 17.8 Å². The number of aliphatic hydroxyl groups is 1. The minimum absolute atomic E-state index is 0.0374. The number of carbonyl (C=O) groups excluding carboxylic acids is 1. The van der Waals surface area contributed by atoms with E-state index >= 15 is 0 Å². The van der Waals surface area contributed by atoms with E-state index in [4.69, 9.17) is 0 Å². The van der Waals surface area contributed by atoms with Gasteiger partial charge in [0.25, 0.3) is 11.5 Å². The largest absolute Gasteiger partial charge is 0.396 e. The van der Waals surface area contributed by atoms with E-state index in [9.17, 15) is 14.7 Å². The first kappa shape index (κ1) is 20.2. The van der Waals surface area contributed by atoms with Gasteiger partial charge >= 0.3 is 0 Å². The summed E-state index contributed by atoms with van der Waals surface area (Å²) >= 11 is 5.62. The van der Waals surface area contributed by atoms with Crippen LogP contribution < -0.4 is 10.5 Å². The van der Waals surface area contributed by atoms with E-state index in [0.29, 0.717) is 35.3 Å². The molecule has 2 aromatic carbocycles. The topological polar surface area (TPSA) is 75.4 Å². The maximum atomic E-state index is 13.1. The molecule has 4 rings (SSSR count). The van der Waals surface area contributed by atoms with Crippen molar-refractivity contribution in [1.82, 2.24) is 9.55 Å². The Balaban J connectivity index is 1.96. The third-order valence-corrected chi connectivity index (χ3v) is 6.07. The molecule has 0 saturated heterocycles. The molecule has 0 radical (unpaired) electrons. The summed E-state index contributed by atoms with van der Waals surface area (Å²) in [5, 5.41) is 9.79. The van der Waals surface area contributed by atoms with E-state index in [1.165, 1.54) is 4.57 Å². The summed E-state index contributed by atoms with van der Waals surface area (Å²) < 4.78 is 3.34.